The molecule has 126 valence electrons. The van der Waals surface area contributed by atoms with Crippen LogP contribution in [0.3, 0.4) is 0 Å². The van der Waals surface area contributed by atoms with E-state index in [1.807, 2.05) is 48.5 Å². The molecule has 0 bridgehead atoms. The topological polar surface area (TPSA) is 44.8 Å². The van der Waals surface area contributed by atoms with Crippen molar-refractivity contribution in [3.63, 3.8) is 0 Å². The van der Waals surface area contributed by atoms with Gasteiger partial charge in [0.05, 0.1) is 6.61 Å². The molecule has 0 aliphatic rings. The minimum atomic E-state index is -0.507. The van der Waals surface area contributed by atoms with E-state index in [4.69, 9.17) is 14.2 Å². The third-order valence-electron chi connectivity index (χ3n) is 3.40. The van der Waals surface area contributed by atoms with E-state index in [0.717, 1.165) is 42.4 Å². The Balaban J connectivity index is 1.90. The van der Waals surface area contributed by atoms with Crippen LogP contribution in [0.2, 0.25) is 0 Å². The molecule has 0 saturated carbocycles. The molecule has 0 unspecified atom stereocenters. The summed E-state index contributed by atoms with van der Waals surface area (Å²) in [5, 5.41) is 0. The van der Waals surface area contributed by atoms with Crippen LogP contribution in [-0.2, 0) is 9.53 Å². The van der Waals surface area contributed by atoms with Crippen LogP contribution < -0.4 is 9.47 Å². The van der Waals surface area contributed by atoms with Crippen molar-refractivity contribution in [2.24, 2.45) is 0 Å². The molecule has 0 saturated heterocycles. The van der Waals surface area contributed by atoms with Crippen molar-refractivity contribution in [2.45, 2.75) is 19.8 Å². The van der Waals surface area contributed by atoms with Gasteiger partial charge in [-0.3, -0.25) is 0 Å². The maximum absolute atomic E-state index is 10.9. The summed E-state index contributed by atoms with van der Waals surface area (Å²) in [7, 11) is 0. The first-order chi connectivity index (χ1) is 11.7. The average molecular weight is 326 g/mol. The van der Waals surface area contributed by atoms with Crippen molar-refractivity contribution in [1.82, 2.24) is 0 Å². The van der Waals surface area contributed by atoms with Crippen molar-refractivity contribution >= 4 is 5.97 Å². The Bertz CT molecular complexity index is 644. The molecule has 0 aliphatic carbocycles. The highest BCUT2D eigenvalue weighted by molar-refractivity contribution is 5.81. The zero-order valence-corrected chi connectivity index (χ0v) is 13.9. The number of carbonyl (C=O) groups is 1. The second-order valence-electron chi connectivity index (χ2n) is 5.18. The van der Waals surface area contributed by atoms with Gasteiger partial charge in [-0.2, -0.15) is 0 Å². The number of rotatable bonds is 9. The lowest BCUT2D eigenvalue weighted by molar-refractivity contribution is -0.144. The van der Waals surface area contributed by atoms with Gasteiger partial charge in [-0.15, -0.1) is 0 Å². The molecule has 4 heteroatoms. The lowest BCUT2D eigenvalue weighted by atomic mass is 10.1. The second-order valence-corrected chi connectivity index (χ2v) is 5.18. The lowest BCUT2D eigenvalue weighted by Gasteiger charge is -2.08. The zero-order valence-electron chi connectivity index (χ0n) is 13.9. The third kappa shape index (κ3) is 5.47. The molecule has 2 aromatic rings. The van der Waals surface area contributed by atoms with Gasteiger partial charge in [0.1, 0.15) is 11.5 Å². The van der Waals surface area contributed by atoms with Gasteiger partial charge in [0, 0.05) is 6.08 Å². The summed E-state index contributed by atoms with van der Waals surface area (Å²) >= 11 is 0. The molecule has 0 atom stereocenters. The first kappa shape index (κ1) is 17.6. The Morgan fingerprint density at radius 3 is 2.00 bits per heavy atom. The standard InChI is InChI=1S/C20H22O4/c1-3-5-14-22-18-10-6-16(7-11-18)17-8-12-19(13-9-17)23-15-24-20(21)4-2/h4,6-13H,2-3,5,14-15H2,1H3. The number of carbonyl (C=O) groups excluding carboxylic acids is 1. The quantitative estimate of drug-likeness (QED) is 0.292. The summed E-state index contributed by atoms with van der Waals surface area (Å²) < 4.78 is 15.8. The monoisotopic (exact) mass is 326 g/mol. The number of ether oxygens (including phenoxy) is 3. The van der Waals surface area contributed by atoms with Gasteiger partial charge in [-0.1, -0.05) is 44.2 Å². The SMILES string of the molecule is C=CC(=O)OCOc1ccc(-c2ccc(OCCCC)cc2)cc1. The van der Waals surface area contributed by atoms with E-state index in [1.54, 1.807) is 0 Å². The molecule has 4 nitrogen and oxygen atoms in total. The summed E-state index contributed by atoms with van der Waals surface area (Å²) in [6, 6.07) is 15.6. The first-order valence-corrected chi connectivity index (χ1v) is 7.98. The van der Waals surface area contributed by atoms with Crippen LogP contribution in [0.4, 0.5) is 0 Å². The predicted octanol–water partition coefficient (Wildman–Crippen LogP) is 4.60. The summed E-state index contributed by atoms with van der Waals surface area (Å²) in [5.74, 6) is 1.01. The molecule has 2 rings (SSSR count). The van der Waals surface area contributed by atoms with E-state index in [1.165, 1.54) is 0 Å². The Labute approximate surface area is 142 Å². The van der Waals surface area contributed by atoms with Crippen LogP contribution in [0, 0.1) is 0 Å². The molecule has 0 N–H and O–H groups in total. The van der Waals surface area contributed by atoms with Crippen molar-refractivity contribution in [3.05, 3.63) is 61.2 Å². The first-order valence-electron chi connectivity index (χ1n) is 7.98. The third-order valence-corrected chi connectivity index (χ3v) is 3.40. The molecule has 0 radical (unpaired) electrons. The van der Waals surface area contributed by atoms with E-state index in [9.17, 15) is 4.79 Å². The Hall–Kier alpha value is -2.75. The normalized spacial score (nSPS) is 10.0. The Morgan fingerprint density at radius 1 is 0.958 bits per heavy atom. The highest BCUT2D eigenvalue weighted by Crippen LogP contribution is 2.24. The van der Waals surface area contributed by atoms with Crippen molar-refractivity contribution < 1.29 is 19.0 Å². The molecule has 24 heavy (non-hydrogen) atoms. The average Bonchev–Trinajstić information content (AvgIpc) is 2.63. The number of hydrogen-bond acceptors (Lipinski definition) is 4. The molecule has 2 aromatic carbocycles. The van der Waals surface area contributed by atoms with Crippen LogP contribution >= 0.6 is 0 Å². The second kappa shape index (κ2) is 9.40. The minimum absolute atomic E-state index is 0.131. The van der Waals surface area contributed by atoms with Gasteiger partial charge in [0.25, 0.3) is 0 Å². The van der Waals surface area contributed by atoms with E-state index in [2.05, 4.69) is 13.5 Å². The maximum Gasteiger partial charge on any atom is 0.333 e. The van der Waals surface area contributed by atoms with Gasteiger partial charge < -0.3 is 14.2 Å². The maximum atomic E-state index is 10.9. The largest absolute Gasteiger partial charge is 0.494 e. The fourth-order valence-corrected chi connectivity index (χ4v) is 2.04. The summed E-state index contributed by atoms with van der Waals surface area (Å²) in [4.78, 5) is 10.9. The molecule has 0 aliphatic heterocycles. The number of unbranched alkanes of at least 4 members (excludes halogenated alkanes) is 1. The van der Waals surface area contributed by atoms with Gasteiger partial charge in [0.15, 0.2) is 0 Å². The number of hydrogen-bond donors (Lipinski definition) is 0. The van der Waals surface area contributed by atoms with E-state index < -0.39 is 5.97 Å². The zero-order chi connectivity index (χ0) is 17.2. The van der Waals surface area contributed by atoms with Crippen molar-refractivity contribution in [2.75, 3.05) is 13.4 Å². The van der Waals surface area contributed by atoms with Crippen LogP contribution in [0.5, 0.6) is 11.5 Å². The smallest absolute Gasteiger partial charge is 0.333 e. The molecular formula is C20H22O4. The highest BCUT2D eigenvalue weighted by atomic mass is 16.7. The van der Waals surface area contributed by atoms with Gasteiger partial charge in [0.2, 0.25) is 6.79 Å². The van der Waals surface area contributed by atoms with Crippen molar-refractivity contribution in [1.29, 1.82) is 0 Å². The minimum Gasteiger partial charge on any atom is -0.494 e. The number of esters is 1. The van der Waals surface area contributed by atoms with E-state index in [-0.39, 0.29) is 6.79 Å². The van der Waals surface area contributed by atoms with Crippen LogP contribution in [-0.4, -0.2) is 19.4 Å². The van der Waals surface area contributed by atoms with E-state index in [0.29, 0.717) is 5.75 Å². The fourth-order valence-electron chi connectivity index (χ4n) is 2.04. The van der Waals surface area contributed by atoms with Crippen molar-refractivity contribution in [3.8, 4) is 22.6 Å². The fraction of sp³-hybridized carbons (Fsp3) is 0.250. The van der Waals surface area contributed by atoms with Gasteiger partial charge in [-0.25, -0.2) is 4.79 Å². The van der Waals surface area contributed by atoms with Crippen LogP contribution in [0.25, 0.3) is 11.1 Å². The molecular weight excluding hydrogens is 304 g/mol. The molecule has 0 heterocycles. The lowest BCUT2D eigenvalue weighted by Crippen LogP contribution is -2.07. The van der Waals surface area contributed by atoms with Gasteiger partial charge in [-0.05, 0) is 41.8 Å². The summed E-state index contributed by atoms with van der Waals surface area (Å²) in [6.07, 6.45) is 3.28. The van der Waals surface area contributed by atoms with Crippen LogP contribution in [0.1, 0.15) is 19.8 Å². The predicted molar refractivity (Wildman–Crippen MR) is 94.1 cm³/mol. The number of benzene rings is 2. The Morgan fingerprint density at radius 2 is 1.50 bits per heavy atom. The molecule has 0 amide bonds. The summed E-state index contributed by atoms with van der Waals surface area (Å²) in [5.41, 5.74) is 2.17. The molecule has 0 fully saturated rings. The van der Waals surface area contributed by atoms with Crippen LogP contribution in [0.15, 0.2) is 61.2 Å². The van der Waals surface area contributed by atoms with E-state index >= 15 is 0 Å². The van der Waals surface area contributed by atoms with Gasteiger partial charge >= 0.3 is 5.97 Å². The Kier molecular flexibility index (Phi) is 6.90. The molecule has 0 aromatic heterocycles. The highest BCUT2D eigenvalue weighted by Gasteiger charge is 2.01. The molecule has 0 spiro atoms. The summed E-state index contributed by atoms with van der Waals surface area (Å²) in [6.45, 7) is 6.08.